The van der Waals surface area contributed by atoms with E-state index < -0.39 is 35.6 Å². The van der Waals surface area contributed by atoms with Gasteiger partial charge in [-0.2, -0.15) is 0 Å². The molecule has 2 bridgehead atoms. The molecule has 2 amide bonds. The monoisotopic (exact) mass is 416 g/mol. The molecule has 2 N–H and O–H groups in total. The van der Waals surface area contributed by atoms with Crippen LogP contribution in [0.3, 0.4) is 0 Å². The number of ether oxygens (including phenoxy) is 2. The van der Waals surface area contributed by atoms with Crippen LogP contribution in [0, 0.1) is 25.7 Å². The number of hydrogen-bond donors (Lipinski definition) is 2. The summed E-state index contributed by atoms with van der Waals surface area (Å²) >= 11 is 0. The molecule has 0 saturated carbocycles. The minimum atomic E-state index is -1.07. The van der Waals surface area contributed by atoms with Crippen LogP contribution in [0.4, 0.5) is 5.69 Å². The Morgan fingerprint density at radius 2 is 2.13 bits per heavy atom. The van der Waals surface area contributed by atoms with Crippen LogP contribution >= 0.6 is 0 Å². The van der Waals surface area contributed by atoms with Gasteiger partial charge >= 0.3 is 5.97 Å². The number of carbonyl (C=O) groups excluding carboxylic acids is 3. The minimum absolute atomic E-state index is 0.00550. The molecule has 8 heteroatoms. The molecule has 8 nitrogen and oxygen atoms in total. The van der Waals surface area contributed by atoms with E-state index in [1.165, 1.54) is 4.90 Å². The molecule has 3 saturated heterocycles. The molecular weight excluding hydrogens is 388 g/mol. The van der Waals surface area contributed by atoms with Gasteiger partial charge in [0.1, 0.15) is 11.6 Å². The summed E-state index contributed by atoms with van der Waals surface area (Å²) in [5.41, 5.74) is 1.51. The molecule has 0 aliphatic carbocycles. The summed E-state index contributed by atoms with van der Waals surface area (Å²) in [5.74, 6) is -2.63. The zero-order valence-electron chi connectivity index (χ0n) is 17.5. The quantitative estimate of drug-likeness (QED) is 0.675. The number of carbonyl (C=O) groups is 3. The molecule has 3 fully saturated rings. The van der Waals surface area contributed by atoms with Crippen LogP contribution in [-0.2, 0) is 23.9 Å². The first-order chi connectivity index (χ1) is 14.3. The fourth-order valence-electron chi connectivity index (χ4n) is 5.38. The number of likely N-dealkylation sites (tertiary alicyclic amines) is 1. The summed E-state index contributed by atoms with van der Waals surface area (Å²) in [5, 5.41) is 12.5. The number of benzene rings is 1. The Balaban J connectivity index is 1.69. The van der Waals surface area contributed by atoms with Gasteiger partial charge in [-0.1, -0.05) is 12.1 Å². The number of esters is 1. The first kappa shape index (κ1) is 20.8. The van der Waals surface area contributed by atoms with Crippen molar-refractivity contribution >= 4 is 23.5 Å². The van der Waals surface area contributed by atoms with Crippen molar-refractivity contribution in [3.63, 3.8) is 0 Å². The third kappa shape index (κ3) is 3.01. The number of anilines is 1. The number of nitrogens with one attached hydrogen (secondary N) is 1. The van der Waals surface area contributed by atoms with Crippen molar-refractivity contribution < 1.29 is 29.0 Å². The van der Waals surface area contributed by atoms with E-state index in [2.05, 4.69) is 5.32 Å². The number of aliphatic hydroxyl groups is 1. The molecule has 0 radical (unpaired) electrons. The van der Waals surface area contributed by atoms with Crippen molar-refractivity contribution in [3.05, 3.63) is 29.3 Å². The maximum Gasteiger partial charge on any atom is 0.312 e. The molecule has 0 aromatic heterocycles. The van der Waals surface area contributed by atoms with Crippen molar-refractivity contribution in [2.24, 2.45) is 11.8 Å². The number of hydrogen-bond acceptors (Lipinski definition) is 6. The smallest absolute Gasteiger partial charge is 0.312 e. The molecule has 3 aliphatic heterocycles. The summed E-state index contributed by atoms with van der Waals surface area (Å²) < 4.78 is 11.4. The van der Waals surface area contributed by atoms with Crippen LogP contribution < -0.4 is 5.32 Å². The molecule has 0 unspecified atom stereocenters. The van der Waals surface area contributed by atoms with Crippen LogP contribution in [0.1, 0.15) is 30.9 Å². The first-order valence-corrected chi connectivity index (χ1v) is 10.5. The number of aryl methyl sites for hydroxylation is 2. The highest BCUT2D eigenvalue weighted by Gasteiger charge is 2.74. The van der Waals surface area contributed by atoms with E-state index in [9.17, 15) is 19.5 Å². The summed E-state index contributed by atoms with van der Waals surface area (Å²) in [4.78, 5) is 40.8. The van der Waals surface area contributed by atoms with Crippen molar-refractivity contribution in [1.82, 2.24) is 4.90 Å². The number of rotatable bonds is 6. The molecular formula is C22H28N2O6. The third-order valence-electron chi connectivity index (χ3n) is 6.60. The number of β-amino-alcohol motifs (C(OH)–C–C–N with tert-alkyl or cyclic N) is 1. The Kier molecular flexibility index (Phi) is 5.32. The van der Waals surface area contributed by atoms with Gasteiger partial charge in [0.25, 0.3) is 0 Å². The molecule has 30 heavy (non-hydrogen) atoms. The Morgan fingerprint density at radius 3 is 2.83 bits per heavy atom. The molecule has 1 aromatic rings. The normalized spacial score (nSPS) is 31.7. The van der Waals surface area contributed by atoms with E-state index in [1.807, 2.05) is 32.0 Å². The second-order valence-corrected chi connectivity index (χ2v) is 8.37. The van der Waals surface area contributed by atoms with Gasteiger partial charge in [-0.05, 0) is 50.8 Å². The average Bonchev–Trinajstić information content (AvgIpc) is 3.33. The van der Waals surface area contributed by atoms with Crippen molar-refractivity contribution in [2.75, 3.05) is 25.1 Å². The maximum absolute atomic E-state index is 13.5. The average molecular weight is 416 g/mol. The second kappa shape index (κ2) is 7.67. The fraction of sp³-hybridized carbons (Fsp3) is 0.591. The van der Waals surface area contributed by atoms with Crippen molar-refractivity contribution in [2.45, 2.75) is 51.4 Å². The molecule has 162 valence electrons. The van der Waals surface area contributed by atoms with Crippen LogP contribution in [0.25, 0.3) is 0 Å². The fourth-order valence-corrected chi connectivity index (χ4v) is 5.38. The molecule has 1 aromatic carbocycles. The predicted octanol–water partition coefficient (Wildman–Crippen LogP) is 1.17. The zero-order chi connectivity index (χ0) is 21.6. The minimum Gasteiger partial charge on any atom is -0.466 e. The topological polar surface area (TPSA) is 105 Å². The third-order valence-corrected chi connectivity index (χ3v) is 6.60. The van der Waals surface area contributed by atoms with E-state index in [0.717, 1.165) is 11.1 Å². The van der Waals surface area contributed by atoms with E-state index in [1.54, 1.807) is 6.92 Å². The zero-order valence-corrected chi connectivity index (χ0v) is 17.5. The number of aliphatic hydroxyl groups excluding tert-OH is 1. The Labute approximate surface area is 175 Å². The summed E-state index contributed by atoms with van der Waals surface area (Å²) in [6.07, 6.45) is 0.676. The van der Waals surface area contributed by atoms with Gasteiger partial charge in [-0.15, -0.1) is 0 Å². The lowest BCUT2D eigenvalue weighted by Crippen LogP contribution is -2.53. The van der Waals surface area contributed by atoms with Gasteiger partial charge in [-0.25, -0.2) is 0 Å². The highest BCUT2D eigenvalue weighted by Crippen LogP contribution is 2.58. The van der Waals surface area contributed by atoms with Crippen LogP contribution in [0.15, 0.2) is 18.2 Å². The Bertz CT molecular complexity index is 886. The van der Waals surface area contributed by atoms with Gasteiger partial charge in [-0.3, -0.25) is 14.4 Å². The molecule has 5 atom stereocenters. The van der Waals surface area contributed by atoms with E-state index in [-0.39, 0.29) is 31.6 Å². The van der Waals surface area contributed by atoms with Crippen LogP contribution in [-0.4, -0.2) is 65.3 Å². The number of fused-ring (bicyclic) bond motifs is 1. The SMILES string of the molecule is CCOC(=O)[C@@H]1[C@H]2C(=O)N(CCO)[C@H](C(=O)Nc3cc(C)ccc3C)[C@]23CC[C@H]1O3. The summed E-state index contributed by atoms with van der Waals surface area (Å²) in [7, 11) is 0. The van der Waals surface area contributed by atoms with Gasteiger partial charge in [0.05, 0.1) is 31.2 Å². The van der Waals surface area contributed by atoms with E-state index in [0.29, 0.717) is 18.5 Å². The van der Waals surface area contributed by atoms with Gasteiger partial charge in [0.15, 0.2) is 0 Å². The summed E-state index contributed by atoms with van der Waals surface area (Å²) in [6.45, 7) is 5.49. The summed E-state index contributed by atoms with van der Waals surface area (Å²) in [6, 6.07) is 4.85. The van der Waals surface area contributed by atoms with Crippen LogP contribution in [0.5, 0.6) is 0 Å². The highest BCUT2D eigenvalue weighted by molar-refractivity contribution is 6.03. The number of nitrogens with zero attached hydrogens (tertiary/aromatic N) is 1. The highest BCUT2D eigenvalue weighted by atomic mass is 16.6. The first-order valence-electron chi connectivity index (χ1n) is 10.5. The largest absolute Gasteiger partial charge is 0.466 e. The van der Waals surface area contributed by atoms with Gasteiger partial charge in [0, 0.05) is 12.2 Å². The maximum atomic E-state index is 13.5. The van der Waals surface area contributed by atoms with Crippen LogP contribution in [0.2, 0.25) is 0 Å². The predicted molar refractivity (Wildman–Crippen MR) is 108 cm³/mol. The van der Waals surface area contributed by atoms with Gasteiger partial charge < -0.3 is 24.8 Å². The lowest BCUT2D eigenvalue weighted by Gasteiger charge is -2.33. The Hall–Kier alpha value is -2.45. The molecule has 4 rings (SSSR count). The molecule has 1 spiro atoms. The lowest BCUT2D eigenvalue weighted by atomic mass is 9.70. The van der Waals surface area contributed by atoms with E-state index in [4.69, 9.17) is 9.47 Å². The van der Waals surface area contributed by atoms with Crippen molar-refractivity contribution in [3.8, 4) is 0 Å². The lowest BCUT2D eigenvalue weighted by molar-refractivity contribution is -0.154. The van der Waals surface area contributed by atoms with Gasteiger partial charge in [0.2, 0.25) is 11.8 Å². The van der Waals surface area contributed by atoms with E-state index >= 15 is 0 Å². The molecule has 3 aliphatic rings. The molecule has 3 heterocycles. The van der Waals surface area contributed by atoms with Crippen molar-refractivity contribution in [1.29, 1.82) is 0 Å². The Morgan fingerprint density at radius 1 is 1.37 bits per heavy atom. The second-order valence-electron chi connectivity index (χ2n) is 8.37. The standard InChI is InChI=1S/C22H28N2O6/c1-4-29-21(28)16-15-7-8-22(30-15)17(16)20(27)24(9-10-25)18(22)19(26)23-14-11-12(2)5-6-13(14)3/h5-6,11,15-18,25H,4,7-10H2,1-3H3,(H,23,26)/t15-,16+,17+,18-,22+/m1/s1. The number of amides is 2.